The van der Waals surface area contributed by atoms with Gasteiger partial charge in [-0.1, -0.05) is 109 Å². The molecule has 2 nitrogen and oxygen atoms in total. The van der Waals surface area contributed by atoms with Crippen LogP contribution in [0.5, 0.6) is 0 Å². The zero-order valence-corrected chi connectivity index (χ0v) is 24.3. The van der Waals surface area contributed by atoms with E-state index in [9.17, 15) is 0 Å². The lowest BCUT2D eigenvalue weighted by Crippen LogP contribution is -1.97. The maximum Gasteiger partial charge on any atom is 0.0547 e. The highest BCUT2D eigenvalue weighted by Gasteiger charge is 2.16. The topological polar surface area (TPSA) is 9.86 Å². The van der Waals surface area contributed by atoms with E-state index >= 15 is 0 Å². The van der Waals surface area contributed by atoms with Gasteiger partial charge in [-0.3, -0.25) is 0 Å². The first-order chi connectivity index (χ1) is 21.8. The van der Waals surface area contributed by atoms with Crippen molar-refractivity contribution in [2.45, 2.75) is 12.8 Å². The quantitative estimate of drug-likeness (QED) is 0.202. The maximum absolute atomic E-state index is 2.44. The molecule has 0 fully saturated rings. The van der Waals surface area contributed by atoms with Gasteiger partial charge in [-0.15, -0.1) is 0 Å². The average Bonchev–Trinajstić information content (AvgIpc) is 3.61. The van der Waals surface area contributed by atoms with Crippen molar-refractivity contribution in [3.8, 4) is 27.9 Å². The number of fused-ring (bicyclic) bond motifs is 6. The standard InChI is InChI=1S/C42H30N2/c1-3-11-29(12-4-1)30-19-23-34(24-20-30)43-40-18-10-8-16-36(40)38-27-31(22-26-41(38)43)32-21-25-37-35-15-7-9-17-39(35)44(42(37)28-32)33-13-5-2-6-14-33/h1,3-5,7-28H,2,6H2. The third-order valence-corrected chi connectivity index (χ3v) is 9.15. The van der Waals surface area contributed by atoms with E-state index in [2.05, 4.69) is 167 Å². The Kier molecular flexibility index (Phi) is 5.67. The minimum absolute atomic E-state index is 1.08. The first-order valence-corrected chi connectivity index (χ1v) is 15.4. The molecule has 0 saturated heterocycles. The van der Waals surface area contributed by atoms with E-state index in [-0.39, 0.29) is 0 Å². The fourth-order valence-corrected chi connectivity index (χ4v) is 7.06. The van der Waals surface area contributed by atoms with Crippen molar-refractivity contribution in [1.82, 2.24) is 9.13 Å². The summed E-state index contributed by atoms with van der Waals surface area (Å²) in [5.74, 6) is 0. The summed E-state index contributed by atoms with van der Waals surface area (Å²) in [6, 6.07) is 51.0. The molecule has 6 aromatic carbocycles. The summed E-state index contributed by atoms with van der Waals surface area (Å²) in [7, 11) is 0. The fourth-order valence-electron chi connectivity index (χ4n) is 7.06. The van der Waals surface area contributed by atoms with Crippen LogP contribution in [0, 0.1) is 0 Å². The molecule has 2 aromatic heterocycles. The van der Waals surface area contributed by atoms with Gasteiger partial charge in [-0.2, -0.15) is 0 Å². The first kappa shape index (κ1) is 24.9. The predicted octanol–water partition coefficient (Wildman–Crippen LogP) is 11.4. The lowest BCUT2D eigenvalue weighted by Gasteiger charge is -2.13. The lowest BCUT2D eigenvalue weighted by molar-refractivity contribution is 1.02. The molecule has 0 radical (unpaired) electrons. The molecule has 0 N–H and O–H groups in total. The monoisotopic (exact) mass is 562 g/mol. The van der Waals surface area contributed by atoms with Crippen LogP contribution < -0.4 is 0 Å². The van der Waals surface area contributed by atoms with Crippen molar-refractivity contribution < 1.29 is 0 Å². The number of para-hydroxylation sites is 2. The molecule has 0 aliphatic heterocycles. The third kappa shape index (κ3) is 3.88. The van der Waals surface area contributed by atoms with Crippen LogP contribution in [0.15, 0.2) is 158 Å². The molecule has 44 heavy (non-hydrogen) atoms. The Hall–Kier alpha value is -5.60. The Bertz CT molecular complexity index is 2410. The summed E-state index contributed by atoms with van der Waals surface area (Å²) >= 11 is 0. The summed E-state index contributed by atoms with van der Waals surface area (Å²) in [5, 5.41) is 5.12. The zero-order valence-electron chi connectivity index (χ0n) is 24.3. The Labute approximate surface area is 256 Å². The van der Waals surface area contributed by atoms with Crippen molar-refractivity contribution >= 4 is 49.3 Å². The van der Waals surface area contributed by atoms with Crippen LogP contribution in [-0.4, -0.2) is 9.13 Å². The van der Waals surface area contributed by atoms with Gasteiger partial charge in [-0.05, 0) is 83.6 Å². The third-order valence-electron chi connectivity index (χ3n) is 9.15. The van der Waals surface area contributed by atoms with Crippen LogP contribution in [0.3, 0.4) is 0 Å². The number of allylic oxidation sites excluding steroid dienone is 4. The van der Waals surface area contributed by atoms with Crippen molar-refractivity contribution in [2.24, 2.45) is 0 Å². The second-order valence-corrected chi connectivity index (χ2v) is 11.7. The van der Waals surface area contributed by atoms with Gasteiger partial charge in [0, 0.05) is 32.9 Å². The van der Waals surface area contributed by atoms with E-state index in [1.807, 2.05) is 0 Å². The van der Waals surface area contributed by atoms with Crippen LogP contribution in [0.2, 0.25) is 0 Å². The highest BCUT2D eigenvalue weighted by molar-refractivity contribution is 6.13. The highest BCUT2D eigenvalue weighted by Crippen LogP contribution is 2.38. The number of aromatic nitrogens is 2. The SMILES string of the molecule is C1=CC(n2c3ccccc3c3ccc(-c4ccc5c(c4)c4ccccc4n5-c4ccc(-c5ccccc5)cc4)cc32)=CCC1. The Balaban J connectivity index is 1.21. The van der Waals surface area contributed by atoms with Crippen LogP contribution in [-0.2, 0) is 0 Å². The van der Waals surface area contributed by atoms with Crippen LogP contribution in [0.4, 0.5) is 0 Å². The molecule has 0 atom stereocenters. The molecular formula is C42H30N2. The molecule has 0 amide bonds. The van der Waals surface area contributed by atoms with Gasteiger partial charge in [0.25, 0.3) is 0 Å². The zero-order chi connectivity index (χ0) is 29.0. The second-order valence-electron chi connectivity index (χ2n) is 11.7. The average molecular weight is 563 g/mol. The molecule has 2 heteroatoms. The Morgan fingerprint density at radius 2 is 0.977 bits per heavy atom. The van der Waals surface area contributed by atoms with Crippen molar-refractivity contribution in [1.29, 1.82) is 0 Å². The number of rotatable bonds is 4. The van der Waals surface area contributed by atoms with Gasteiger partial charge >= 0.3 is 0 Å². The predicted molar refractivity (Wildman–Crippen MR) is 187 cm³/mol. The summed E-state index contributed by atoms with van der Waals surface area (Å²) in [6.07, 6.45) is 9.12. The van der Waals surface area contributed by atoms with E-state index in [1.165, 1.54) is 77.2 Å². The molecule has 9 rings (SSSR count). The van der Waals surface area contributed by atoms with E-state index in [0.717, 1.165) is 12.8 Å². The number of hydrogen-bond acceptors (Lipinski definition) is 0. The van der Waals surface area contributed by atoms with E-state index in [0.29, 0.717) is 0 Å². The second kappa shape index (κ2) is 10.00. The van der Waals surface area contributed by atoms with Gasteiger partial charge in [0.15, 0.2) is 0 Å². The summed E-state index contributed by atoms with van der Waals surface area (Å²) in [6.45, 7) is 0. The largest absolute Gasteiger partial charge is 0.310 e. The first-order valence-electron chi connectivity index (χ1n) is 15.4. The summed E-state index contributed by atoms with van der Waals surface area (Å²) in [4.78, 5) is 0. The van der Waals surface area contributed by atoms with Crippen LogP contribution >= 0.6 is 0 Å². The summed E-state index contributed by atoms with van der Waals surface area (Å²) in [5.41, 5.74) is 12.3. The minimum atomic E-state index is 1.08. The number of nitrogens with zero attached hydrogens (tertiary/aromatic N) is 2. The normalized spacial score (nSPS) is 13.3. The van der Waals surface area contributed by atoms with Gasteiger partial charge in [0.1, 0.15) is 0 Å². The highest BCUT2D eigenvalue weighted by atomic mass is 15.0. The molecule has 1 aliphatic rings. The van der Waals surface area contributed by atoms with Gasteiger partial charge < -0.3 is 9.13 Å². The number of benzene rings is 6. The molecule has 208 valence electrons. The van der Waals surface area contributed by atoms with Gasteiger partial charge in [0.2, 0.25) is 0 Å². The van der Waals surface area contributed by atoms with E-state index < -0.39 is 0 Å². The Morgan fingerprint density at radius 3 is 1.75 bits per heavy atom. The van der Waals surface area contributed by atoms with Gasteiger partial charge in [0.05, 0.1) is 22.1 Å². The molecule has 1 aliphatic carbocycles. The van der Waals surface area contributed by atoms with E-state index in [4.69, 9.17) is 0 Å². The molecule has 8 aromatic rings. The van der Waals surface area contributed by atoms with Crippen LogP contribution in [0.1, 0.15) is 12.8 Å². The van der Waals surface area contributed by atoms with Crippen LogP contribution in [0.25, 0.3) is 77.2 Å². The van der Waals surface area contributed by atoms with Crippen molar-refractivity contribution in [2.75, 3.05) is 0 Å². The van der Waals surface area contributed by atoms with E-state index in [1.54, 1.807) is 0 Å². The lowest BCUT2D eigenvalue weighted by atomic mass is 10.0. The number of hydrogen-bond donors (Lipinski definition) is 0. The fraction of sp³-hybridized carbons (Fsp3) is 0.0476. The maximum atomic E-state index is 2.44. The van der Waals surface area contributed by atoms with Crippen molar-refractivity contribution in [3.05, 3.63) is 158 Å². The molecule has 0 saturated carbocycles. The van der Waals surface area contributed by atoms with Crippen molar-refractivity contribution in [3.63, 3.8) is 0 Å². The smallest absolute Gasteiger partial charge is 0.0547 e. The molecule has 2 heterocycles. The molecule has 0 unspecified atom stereocenters. The molecule has 0 spiro atoms. The molecule has 0 bridgehead atoms. The Morgan fingerprint density at radius 1 is 0.386 bits per heavy atom. The molecular weight excluding hydrogens is 532 g/mol. The van der Waals surface area contributed by atoms with Gasteiger partial charge in [-0.25, -0.2) is 0 Å². The summed E-state index contributed by atoms with van der Waals surface area (Å²) < 4.78 is 4.83. The minimum Gasteiger partial charge on any atom is -0.310 e.